The average Bonchev–Trinajstić information content (AvgIpc) is 2.61. The Kier molecular flexibility index (Phi) is 6.14. The maximum atomic E-state index is 12.2. The summed E-state index contributed by atoms with van der Waals surface area (Å²) in [4.78, 5) is 12.2. The summed E-state index contributed by atoms with van der Waals surface area (Å²) in [7, 11) is 4.60. The fraction of sp³-hybridized carbons (Fsp3) is 0.235. The van der Waals surface area contributed by atoms with Crippen molar-refractivity contribution < 1.29 is 19.0 Å². The third-order valence-electron chi connectivity index (χ3n) is 3.27. The van der Waals surface area contributed by atoms with Gasteiger partial charge in [0.15, 0.2) is 0 Å². The average molecular weight is 351 g/mol. The number of nitrogens with one attached hydrogen (secondary N) is 2. The Morgan fingerprint density at radius 1 is 1.04 bits per heavy atom. The number of amides is 1. The number of hydrogen-bond donors (Lipinski definition) is 2. The van der Waals surface area contributed by atoms with E-state index in [9.17, 15) is 4.79 Å². The molecule has 0 atom stereocenters. The standard InChI is InChI=1S/C17H19ClN2O4/c1-22-12-6-4-5-11(7-12)19-10-17(21)20-14-9-15(23-2)13(18)8-16(14)24-3/h4-9,19H,10H2,1-3H3,(H,20,21). The highest BCUT2D eigenvalue weighted by atomic mass is 35.5. The molecule has 0 saturated heterocycles. The van der Waals surface area contributed by atoms with Gasteiger partial charge in [0.05, 0.1) is 38.6 Å². The van der Waals surface area contributed by atoms with Crippen molar-refractivity contribution in [1.29, 1.82) is 0 Å². The summed E-state index contributed by atoms with van der Waals surface area (Å²) in [6.07, 6.45) is 0. The molecule has 0 bridgehead atoms. The number of methoxy groups -OCH3 is 3. The number of halogens is 1. The zero-order valence-electron chi connectivity index (χ0n) is 13.7. The van der Waals surface area contributed by atoms with Crippen molar-refractivity contribution in [2.75, 3.05) is 38.5 Å². The fourth-order valence-electron chi connectivity index (χ4n) is 2.07. The Balaban J connectivity index is 2.04. The predicted molar refractivity (Wildman–Crippen MR) is 94.7 cm³/mol. The third-order valence-corrected chi connectivity index (χ3v) is 3.57. The van der Waals surface area contributed by atoms with Crippen molar-refractivity contribution in [2.24, 2.45) is 0 Å². The number of ether oxygens (including phenoxy) is 3. The summed E-state index contributed by atoms with van der Waals surface area (Å²) in [5, 5.41) is 6.20. The van der Waals surface area contributed by atoms with E-state index < -0.39 is 0 Å². The lowest BCUT2D eigenvalue weighted by Crippen LogP contribution is -2.22. The molecule has 2 N–H and O–H groups in total. The van der Waals surface area contributed by atoms with Crippen molar-refractivity contribution in [1.82, 2.24) is 0 Å². The molecule has 0 heterocycles. The molecular weight excluding hydrogens is 332 g/mol. The van der Waals surface area contributed by atoms with Gasteiger partial charge in [-0.25, -0.2) is 0 Å². The first kappa shape index (κ1) is 17.7. The summed E-state index contributed by atoms with van der Waals surface area (Å²) in [6.45, 7) is 0.0846. The number of hydrogen-bond acceptors (Lipinski definition) is 5. The van der Waals surface area contributed by atoms with Crippen LogP contribution in [0.15, 0.2) is 36.4 Å². The van der Waals surface area contributed by atoms with Crippen LogP contribution in [-0.4, -0.2) is 33.8 Å². The molecule has 2 aromatic rings. The van der Waals surface area contributed by atoms with E-state index in [1.54, 1.807) is 25.3 Å². The first-order chi connectivity index (χ1) is 11.6. The second kappa shape index (κ2) is 8.31. The van der Waals surface area contributed by atoms with Crippen LogP contribution in [0.1, 0.15) is 0 Å². The van der Waals surface area contributed by atoms with E-state index in [0.29, 0.717) is 28.0 Å². The molecular formula is C17H19ClN2O4. The van der Waals surface area contributed by atoms with Crippen LogP contribution >= 0.6 is 11.6 Å². The van der Waals surface area contributed by atoms with Crippen molar-refractivity contribution in [3.05, 3.63) is 41.4 Å². The molecule has 0 aliphatic rings. The van der Waals surface area contributed by atoms with E-state index in [0.717, 1.165) is 5.69 Å². The molecule has 7 heteroatoms. The van der Waals surface area contributed by atoms with Gasteiger partial charge in [-0.05, 0) is 12.1 Å². The first-order valence-corrected chi connectivity index (χ1v) is 7.54. The molecule has 2 aromatic carbocycles. The minimum absolute atomic E-state index is 0.0846. The highest BCUT2D eigenvalue weighted by Crippen LogP contribution is 2.35. The number of rotatable bonds is 7. The summed E-state index contributed by atoms with van der Waals surface area (Å²) < 4.78 is 15.5. The van der Waals surface area contributed by atoms with Crippen LogP contribution in [0.2, 0.25) is 5.02 Å². The minimum atomic E-state index is -0.236. The number of carbonyl (C=O) groups is 1. The molecule has 0 aromatic heterocycles. The number of carbonyl (C=O) groups excluding carboxylic acids is 1. The van der Waals surface area contributed by atoms with Crippen LogP contribution in [0.25, 0.3) is 0 Å². The van der Waals surface area contributed by atoms with Crippen LogP contribution < -0.4 is 24.8 Å². The Hall–Kier alpha value is -2.60. The van der Waals surface area contributed by atoms with Crippen molar-refractivity contribution in [3.63, 3.8) is 0 Å². The second-order valence-electron chi connectivity index (χ2n) is 4.82. The maximum absolute atomic E-state index is 12.2. The van der Waals surface area contributed by atoms with Crippen molar-refractivity contribution in [3.8, 4) is 17.2 Å². The molecule has 0 aliphatic heterocycles. The van der Waals surface area contributed by atoms with E-state index in [-0.39, 0.29) is 12.5 Å². The van der Waals surface area contributed by atoms with Crippen LogP contribution in [0.3, 0.4) is 0 Å². The van der Waals surface area contributed by atoms with Crippen molar-refractivity contribution in [2.45, 2.75) is 0 Å². The zero-order valence-corrected chi connectivity index (χ0v) is 14.4. The Morgan fingerprint density at radius 3 is 2.46 bits per heavy atom. The molecule has 2 rings (SSSR count). The lowest BCUT2D eigenvalue weighted by atomic mass is 10.2. The number of anilines is 2. The van der Waals surface area contributed by atoms with E-state index in [1.807, 2.05) is 18.2 Å². The summed E-state index contributed by atoms with van der Waals surface area (Å²) in [5.74, 6) is 1.38. The minimum Gasteiger partial charge on any atom is -0.497 e. The Morgan fingerprint density at radius 2 is 1.79 bits per heavy atom. The summed E-state index contributed by atoms with van der Waals surface area (Å²) in [6, 6.07) is 10.5. The van der Waals surface area contributed by atoms with Crippen LogP contribution in [0.4, 0.5) is 11.4 Å². The van der Waals surface area contributed by atoms with Crippen molar-refractivity contribution >= 4 is 28.9 Å². The highest BCUT2D eigenvalue weighted by Gasteiger charge is 2.12. The lowest BCUT2D eigenvalue weighted by Gasteiger charge is -2.14. The monoisotopic (exact) mass is 350 g/mol. The van der Waals surface area contributed by atoms with E-state index >= 15 is 0 Å². The largest absolute Gasteiger partial charge is 0.497 e. The molecule has 0 radical (unpaired) electrons. The Labute approximate surface area is 145 Å². The van der Waals surface area contributed by atoms with E-state index in [4.69, 9.17) is 25.8 Å². The summed E-state index contributed by atoms with van der Waals surface area (Å²) >= 11 is 6.04. The Bertz CT molecular complexity index is 722. The number of benzene rings is 2. The third kappa shape index (κ3) is 4.45. The molecule has 0 unspecified atom stereocenters. The SMILES string of the molecule is COc1cccc(NCC(=O)Nc2cc(OC)c(Cl)cc2OC)c1. The molecule has 0 saturated carbocycles. The van der Waals surface area contributed by atoms with Gasteiger partial charge < -0.3 is 24.8 Å². The van der Waals surface area contributed by atoms with Crippen LogP contribution in [0.5, 0.6) is 17.2 Å². The van der Waals surface area contributed by atoms with Crippen LogP contribution in [-0.2, 0) is 4.79 Å². The van der Waals surface area contributed by atoms with Gasteiger partial charge in [-0.15, -0.1) is 0 Å². The highest BCUT2D eigenvalue weighted by molar-refractivity contribution is 6.32. The quantitative estimate of drug-likeness (QED) is 0.800. The van der Waals surface area contributed by atoms with Crippen LogP contribution in [0, 0.1) is 0 Å². The van der Waals surface area contributed by atoms with Gasteiger partial charge in [0.2, 0.25) is 5.91 Å². The molecule has 0 spiro atoms. The molecule has 0 fully saturated rings. The molecule has 128 valence electrons. The normalized spacial score (nSPS) is 10.0. The second-order valence-corrected chi connectivity index (χ2v) is 5.23. The molecule has 1 amide bonds. The van der Waals surface area contributed by atoms with Gasteiger partial charge in [0, 0.05) is 23.9 Å². The lowest BCUT2D eigenvalue weighted by molar-refractivity contribution is -0.114. The first-order valence-electron chi connectivity index (χ1n) is 7.16. The predicted octanol–water partition coefficient (Wildman–Crippen LogP) is 3.42. The van der Waals surface area contributed by atoms with E-state index in [1.165, 1.54) is 14.2 Å². The summed E-state index contributed by atoms with van der Waals surface area (Å²) in [5.41, 5.74) is 1.27. The van der Waals surface area contributed by atoms with Gasteiger partial charge in [-0.1, -0.05) is 17.7 Å². The zero-order chi connectivity index (χ0) is 17.5. The van der Waals surface area contributed by atoms with Gasteiger partial charge in [0.1, 0.15) is 17.2 Å². The smallest absolute Gasteiger partial charge is 0.243 e. The molecule has 6 nitrogen and oxygen atoms in total. The van der Waals surface area contributed by atoms with Gasteiger partial charge in [0.25, 0.3) is 0 Å². The molecule has 0 aliphatic carbocycles. The topological polar surface area (TPSA) is 68.8 Å². The fourth-order valence-corrected chi connectivity index (χ4v) is 2.30. The maximum Gasteiger partial charge on any atom is 0.243 e. The van der Waals surface area contributed by atoms with Gasteiger partial charge in [-0.2, -0.15) is 0 Å². The van der Waals surface area contributed by atoms with E-state index in [2.05, 4.69) is 10.6 Å². The molecule has 24 heavy (non-hydrogen) atoms. The van der Waals surface area contributed by atoms with Gasteiger partial charge >= 0.3 is 0 Å². The van der Waals surface area contributed by atoms with Gasteiger partial charge in [-0.3, -0.25) is 4.79 Å².